The number of amides is 1. The number of ether oxygens (including phenoxy) is 1. The number of aromatic nitrogens is 1. The Morgan fingerprint density at radius 2 is 1.80 bits per heavy atom. The zero-order chi connectivity index (χ0) is 22.8. The third-order valence-corrected chi connectivity index (χ3v) is 5.78. The van der Waals surface area contributed by atoms with Gasteiger partial charge in [-0.3, -0.25) is 9.59 Å². The number of hydrogen-bond donors (Lipinski definition) is 0. The van der Waals surface area contributed by atoms with E-state index in [0.29, 0.717) is 23.2 Å². The largest absolute Gasteiger partial charge is 0.461 e. The van der Waals surface area contributed by atoms with Crippen molar-refractivity contribution in [1.29, 1.82) is 0 Å². The number of Topliss-reactive ketones (excluding diaryl/α,β-unsaturated/α-hetero) is 1. The predicted octanol–water partition coefficient (Wildman–Crippen LogP) is 4.45. The number of carbonyl (C=O) groups excluding carboxylic acids is 3. The minimum absolute atomic E-state index is 0.0550. The maximum absolute atomic E-state index is 13.2. The van der Waals surface area contributed by atoms with Crippen LogP contribution in [-0.4, -0.2) is 46.3 Å². The molecule has 1 aliphatic rings. The van der Waals surface area contributed by atoms with Gasteiger partial charge in [-0.25, -0.2) is 4.79 Å². The average molecular weight is 419 g/mol. The summed E-state index contributed by atoms with van der Waals surface area (Å²) in [5.41, 5.74) is 2.46. The molecule has 0 saturated heterocycles. The Morgan fingerprint density at radius 3 is 2.30 bits per heavy atom. The summed E-state index contributed by atoms with van der Waals surface area (Å²) in [7, 11) is 1.77. The first kappa shape index (κ1) is 24.2. The lowest BCUT2D eigenvalue weighted by Crippen LogP contribution is -2.38. The molecule has 0 bridgehead atoms. The van der Waals surface area contributed by atoms with Gasteiger partial charge in [-0.05, 0) is 56.9 Å². The van der Waals surface area contributed by atoms with Gasteiger partial charge in [0, 0.05) is 30.8 Å². The lowest BCUT2D eigenvalue weighted by molar-refractivity contribution is -0.132. The van der Waals surface area contributed by atoms with E-state index in [1.54, 1.807) is 30.4 Å². The van der Waals surface area contributed by atoms with Gasteiger partial charge in [0.1, 0.15) is 5.69 Å². The number of ketones is 1. The molecule has 0 spiro atoms. The Kier molecular flexibility index (Phi) is 7.54. The normalized spacial score (nSPS) is 15.1. The van der Waals surface area contributed by atoms with Crippen molar-refractivity contribution in [2.24, 2.45) is 18.4 Å². The molecule has 2 rings (SSSR count). The van der Waals surface area contributed by atoms with Gasteiger partial charge >= 0.3 is 5.97 Å². The van der Waals surface area contributed by atoms with Crippen LogP contribution in [0.15, 0.2) is 0 Å². The molecule has 168 valence electrons. The maximum Gasteiger partial charge on any atom is 0.355 e. The number of rotatable bonds is 9. The van der Waals surface area contributed by atoms with Gasteiger partial charge in [0.25, 0.3) is 0 Å². The zero-order valence-electron chi connectivity index (χ0n) is 19.9. The van der Waals surface area contributed by atoms with Gasteiger partial charge in [-0.15, -0.1) is 0 Å². The average Bonchev–Trinajstić information content (AvgIpc) is 3.39. The fourth-order valence-electron chi connectivity index (χ4n) is 4.45. The number of nitrogens with zero attached hydrogens (tertiary/aromatic N) is 2. The van der Waals surface area contributed by atoms with Crippen molar-refractivity contribution in [3.8, 4) is 0 Å². The van der Waals surface area contributed by atoms with Gasteiger partial charge in [-0.1, -0.05) is 27.7 Å². The van der Waals surface area contributed by atoms with Crippen molar-refractivity contribution < 1.29 is 19.1 Å². The van der Waals surface area contributed by atoms with E-state index in [9.17, 15) is 14.4 Å². The summed E-state index contributed by atoms with van der Waals surface area (Å²) in [6.07, 6.45) is 3.33. The first-order valence-electron chi connectivity index (χ1n) is 11.0. The van der Waals surface area contributed by atoms with Crippen molar-refractivity contribution in [3.63, 3.8) is 0 Å². The van der Waals surface area contributed by atoms with E-state index in [1.165, 1.54) is 0 Å². The number of esters is 1. The molecule has 6 heteroatoms. The van der Waals surface area contributed by atoms with E-state index in [1.807, 2.05) is 6.92 Å². The van der Waals surface area contributed by atoms with Gasteiger partial charge in [-0.2, -0.15) is 0 Å². The van der Waals surface area contributed by atoms with Crippen LogP contribution in [0.5, 0.6) is 0 Å². The molecule has 0 N–H and O–H groups in total. The topological polar surface area (TPSA) is 68.6 Å². The second kappa shape index (κ2) is 9.36. The molecule has 0 aliphatic heterocycles. The SMILES string of the molecule is CCOC(=O)c1c(C)c(C(=O)CN(C(=O)C[C@@H](C)CC(C)(C)C)C2CC2)c(C)n1C. The van der Waals surface area contributed by atoms with Crippen LogP contribution in [0.2, 0.25) is 0 Å². The molecule has 0 radical (unpaired) electrons. The molecule has 1 atom stereocenters. The van der Waals surface area contributed by atoms with Crippen LogP contribution in [0, 0.1) is 25.2 Å². The summed E-state index contributed by atoms with van der Waals surface area (Å²) >= 11 is 0. The van der Waals surface area contributed by atoms with Crippen molar-refractivity contribution in [1.82, 2.24) is 9.47 Å². The third kappa shape index (κ3) is 5.73. The smallest absolute Gasteiger partial charge is 0.355 e. The number of hydrogen-bond acceptors (Lipinski definition) is 4. The minimum Gasteiger partial charge on any atom is -0.461 e. The predicted molar refractivity (Wildman–Crippen MR) is 118 cm³/mol. The second-order valence-electron chi connectivity index (χ2n) is 9.96. The molecule has 1 fully saturated rings. The maximum atomic E-state index is 13.2. The Morgan fingerprint density at radius 1 is 1.20 bits per heavy atom. The molecular weight excluding hydrogens is 380 g/mol. The van der Waals surface area contributed by atoms with Crippen LogP contribution < -0.4 is 0 Å². The van der Waals surface area contributed by atoms with E-state index < -0.39 is 5.97 Å². The molecule has 0 aromatic carbocycles. The fraction of sp³-hybridized carbons (Fsp3) is 0.708. The Labute approximate surface area is 181 Å². The van der Waals surface area contributed by atoms with Crippen LogP contribution in [-0.2, 0) is 16.6 Å². The van der Waals surface area contributed by atoms with E-state index in [2.05, 4.69) is 27.7 Å². The van der Waals surface area contributed by atoms with Gasteiger partial charge in [0.15, 0.2) is 5.78 Å². The molecule has 1 aromatic heterocycles. The molecule has 1 amide bonds. The molecule has 1 saturated carbocycles. The molecule has 1 aliphatic carbocycles. The quantitative estimate of drug-likeness (QED) is 0.439. The van der Waals surface area contributed by atoms with Crippen LogP contribution in [0.1, 0.15) is 92.4 Å². The van der Waals surface area contributed by atoms with Gasteiger partial charge < -0.3 is 14.2 Å². The van der Waals surface area contributed by atoms with Crippen LogP contribution in [0.3, 0.4) is 0 Å². The summed E-state index contributed by atoms with van der Waals surface area (Å²) in [6.45, 7) is 14.4. The summed E-state index contributed by atoms with van der Waals surface area (Å²) in [4.78, 5) is 40.4. The van der Waals surface area contributed by atoms with Crippen LogP contribution in [0.25, 0.3) is 0 Å². The second-order valence-corrected chi connectivity index (χ2v) is 9.96. The third-order valence-electron chi connectivity index (χ3n) is 5.78. The zero-order valence-corrected chi connectivity index (χ0v) is 19.9. The summed E-state index contributed by atoms with van der Waals surface area (Å²) in [6, 6.07) is 0.164. The van der Waals surface area contributed by atoms with Crippen LogP contribution >= 0.6 is 0 Å². The minimum atomic E-state index is -0.425. The highest BCUT2D eigenvalue weighted by atomic mass is 16.5. The lowest BCUT2D eigenvalue weighted by Gasteiger charge is -2.27. The lowest BCUT2D eigenvalue weighted by atomic mass is 9.84. The Bertz CT molecular complexity index is 812. The Hall–Kier alpha value is -2.11. The first-order valence-corrected chi connectivity index (χ1v) is 11.0. The van der Waals surface area contributed by atoms with Crippen molar-refractivity contribution in [2.45, 2.75) is 80.2 Å². The fourth-order valence-corrected chi connectivity index (χ4v) is 4.45. The standard InChI is InChI=1S/C24H38N2O4/c1-9-30-23(29)22-16(3)21(17(4)25(22)8)19(27)14-26(18-10-11-18)20(28)12-15(2)13-24(5,6)7/h15,18H,9-14H2,1-8H3/t15-/m1/s1. The molecular formula is C24H38N2O4. The first-order chi connectivity index (χ1) is 13.9. The monoisotopic (exact) mass is 418 g/mol. The molecule has 1 aromatic rings. The van der Waals surface area contributed by atoms with E-state index in [0.717, 1.165) is 25.0 Å². The van der Waals surface area contributed by atoms with E-state index >= 15 is 0 Å². The van der Waals surface area contributed by atoms with Crippen LogP contribution in [0.4, 0.5) is 0 Å². The summed E-state index contributed by atoms with van der Waals surface area (Å²) < 4.78 is 6.87. The van der Waals surface area contributed by atoms with Gasteiger partial charge in [0.2, 0.25) is 5.91 Å². The summed E-state index contributed by atoms with van der Waals surface area (Å²) in [5.74, 6) is -0.213. The van der Waals surface area contributed by atoms with Crippen molar-refractivity contribution in [3.05, 3.63) is 22.5 Å². The Balaban J connectivity index is 2.19. The van der Waals surface area contributed by atoms with E-state index in [-0.39, 0.29) is 42.2 Å². The highest BCUT2D eigenvalue weighted by Gasteiger charge is 2.36. The van der Waals surface area contributed by atoms with Crippen molar-refractivity contribution >= 4 is 17.7 Å². The van der Waals surface area contributed by atoms with Crippen molar-refractivity contribution in [2.75, 3.05) is 13.2 Å². The number of carbonyl (C=O) groups is 3. The summed E-state index contributed by atoms with van der Waals surface area (Å²) in [5, 5.41) is 0. The van der Waals surface area contributed by atoms with Gasteiger partial charge in [0.05, 0.1) is 13.2 Å². The molecule has 6 nitrogen and oxygen atoms in total. The highest BCUT2D eigenvalue weighted by Crippen LogP contribution is 2.31. The molecule has 1 heterocycles. The molecule has 30 heavy (non-hydrogen) atoms. The van der Waals surface area contributed by atoms with E-state index in [4.69, 9.17) is 4.74 Å². The highest BCUT2D eigenvalue weighted by molar-refractivity contribution is 6.04. The molecule has 0 unspecified atom stereocenters.